The molecule has 1 aliphatic rings. The maximum atomic E-state index is 13.4. The van der Waals surface area contributed by atoms with Gasteiger partial charge in [0.25, 0.3) is 5.91 Å². The van der Waals surface area contributed by atoms with E-state index in [-0.39, 0.29) is 23.9 Å². The minimum atomic E-state index is -0.258. The molecule has 6 rings (SSSR count). The highest BCUT2D eigenvalue weighted by atomic mass is 16.5. The van der Waals surface area contributed by atoms with Gasteiger partial charge < -0.3 is 24.1 Å². The normalized spacial score (nSPS) is 16.8. The fourth-order valence-electron chi connectivity index (χ4n) is 6.24. The van der Waals surface area contributed by atoms with Crippen LogP contribution in [0.4, 0.5) is 5.69 Å². The summed E-state index contributed by atoms with van der Waals surface area (Å²) < 4.78 is 20.7. The number of imidazole rings is 1. The van der Waals surface area contributed by atoms with Crippen molar-refractivity contribution in [2.75, 3.05) is 19.5 Å². The molecule has 0 atom stereocenters. The van der Waals surface area contributed by atoms with Gasteiger partial charge >= 0.3 is 5.97 Å². The summed E-state index contributed by atoms with van der Waals surface area (Å²) in [6, 6.07) is 13.3. The third kappa shape index (κ3) is 5.17. The molecule has 0 radical (unpaired) electrons. The van der Waals surface area contributed by atoms with Gasteiger partial charge in [0.15, 0.2) is 0 Å². The van der Waals surface area contributed by atoms with Gasteiger partial charge in [0, 0.05) is 43.2 Å². The van der Waals surface area contributed by atoms with E-state index in [1.54, 1.807) is 20.4 Å². The van der Waals surface area contributed by atoms with Crippen molar-refractivity contribution in [2.24, 2.45) is 7.05 Å². The highest BCUT2D eigenvalue weighted by Crippen LogP contribution is 2.39. The van der Waals surface area contributed by atoms with Crippen molar-refractivity contribution < 1.29 is 23.8 Å². The van der Waals surface area contributed by atoms with Crippen molar-refractivity contribution in [3.8, 4) is 22.8 Å². The molecule has 43 heavy (non-hydrogen) atoms. The molecule has 0 spiro atoms. The SMILES string of the molecule is COc1cc(-c2nc(C3CCC(OC(C)=O)CC3)n3ccnc(C)c23)ccc1NC(=O)c1cc2c(OC)cccc2n1C. The van der Waals surface area contributed by atoms with Crippen LogP contribution in [0.3, 0.4) is 0 Å². The Morgan fingerprint density at radius 3 is 2.49 bits per heavy atom. The number of fused-ring (bicyclic) bond motifs is 2. The van der Waals surface area contributed by atoms with E-state index < -0.39 is 0 Å². The molecule has 2 aromatic carbocycles. The molecule has 1 aliphatic carbocycles. The van der Waals surface area contributed by atoms with Gasteiger partial charge in [0.1, 0.15) is 29.1 Å². The highest BCUT2D eigenvalue weighted by Gasteiger charge is 2.29. The van der Waals surface area contributed by atoms with Gasteiger partial charge in [-0.25, -0.2) is 4.98 Å². The summed E-state index contributed by atoms with van der Waals surface area (Å²) in [5.41, 5.74) is 5.42. The summed E-state index contributed by atoms with van der Waals surface area (Å²) >= 11 is 0. The summed E-state index contributed by atoms with van der Waals surface area (Å²) in [6.07, 6.45) is 7.10. The second-order valence-electron chi connectivity index (χ2n) is 11.0. The van der Waals surface area contributed by atoms with E-state index in [9.17, 15) is 9.59 Å². The van der Waals surface area contributed by atoms with E-state index in [4.69, 9.17) is 19.2 Å². The number of anilines is 1. The number of aryl methyl sites for hydroxylation is 2. The zero-order chi connectivity index (χ0) is 30.2. The molecule has 222 valence electrons. The van der Waals surface area contributed by atoms with E-state index in [2.05, 4.69) is 14.7 Å². The molecule has 1 N–H and O–H groups in total. The first-order valence-electron chi connectivity index (χ1n) is 14.4. The first kappa shape index (κ1) is 28.3. The Balaban J connectivity index is 1.31. The second kappa shape index (κ2) is 11.4. The fraction of sp³-hybridized carbons (Fsp3) is 0.333. The van der Waals surface area contributed by atoms with Crippen LogP contribution in [-0.2, 0) is 16.6 Å². The second-order valence-corrected chi connectivity index (χ2v) is 11.0. The third-order valence-electron chi connectivity index (χ3n) is 8.36. The van der Waals surface area contributed by atoms with Crippen LogP contribution in [-0.4, -0.2) is 51.1 Å². The average molecular weight is 582 g/mol. The predicted molar refractivity (Wildman–Crippen MR) is 164 cm³/mol. The molecule has 5 aromatic rings. The minimum absolute atomic E-state index is 0.0363. The molecular weight excluding hydrogens is 546 g/mol. The molecule has 0 saturated heterocycles. The van der Waals surface area contributed by atoms with Gasteiger partial charge in [0.05, 0.1) is 42.3 Å². The summed E-state index contributed by atoms with van der Waals surface area (Å²) in [6.45, 7) is 3.44. The van der Waals surface area contributed by atoms with E-state index in [0.717, 1.165) is 64.9 Å². The smallest absolute Gasteiger partial charge is 0.302 e. The number of benzene rings is 2. The molecular formula is C33H35N5O5. The minimum Gasteiger partial charge on any atom is -0.496 e. The molecule has 0 aliphatic heterocycles. The Bertz CT molecular complexity index is 1850. The van der Waals surface area contributed by atoms with Gasteiger partial charge in [-0.1, -0.05) is 12.1 Å². The maximum Gasteiger partial charge on any atom is 0.302 e. The standard InChI is InChI=1S/C33H35N5O5/c1-19-31-30(36-32(38(31)16-15-34-19)21-9-12-23(13-10-21)43-20(2)39)22-11-14-25(29(17-22)42-5)35-33(40)27-18-24-26(37(27)3)7-6-8-28(24)41-4/h6-8,11,14-18,21,23H,9-10,12-13H2,1-5H3,(H,35,40). The van der Waals surface area contributed by atoms with Gasteiger partial charge in [-0.05, 0) is 62.9 Å². The molecule has 0 bridgehead atoms. The predicted octanol–water partition coefficient (Wildman–Crippen LogP) is 6.06. The topological polar surface area (TPSA) is 109 Å². The lowest BCUT2D eigenvalue weighted by Gasteiger charge is -2.27. The highest BCUT2D eigenvalue weighted by molar-refractivity contribution is 6.08. The van der Waals surface area contributed by atoms with Crippen LogP contribution in [0, 0.1) is 6.92 Å². The number of hydrogen-bond acceptors (Lipinski definition) is 7. The quantitative estimate of drug-likeness (QED) is 0.233. The number of methoxy groups -OCH3 is 2. The van der Waals surface area contributed by atoms with Crippen molar-refractivity contribution >= 4 is 34.0 Å². The van der Waals surface area contributed by atoms with Crippen LogP contribution < -0.4 is 14.8 Å². The zero-order valence-electron chi connectivity index (χ0n) is 25.0. The lowest BCUT2D eigenvalue weighted by atomic mass is 9.87. The van der Waals surface area contributed by atoms with Gasteiger partial charge in [-0.3, -0.25) is 19.0 Å². The van der Waals surface area contributed by atoms with E-state index >= 15 is 0 Å². The zero-order valence-corrected chi connectivity index (χ0v) is 25.0. The molecule has 3 heterocycles. The number of carbonyl (C=O) groups excluding carboxylic acids is 2. The largest absolute Gasteiger partial charge is 0.496 e. The number of esters is 1. The van der Waals surface area contributed by atoms with Gasteiger partial charge in [-0.2, -0.15) is 0 Å². The molecule has 0 unspecified atom stereocenters. The number of nitrogens with zero attached hydrogens (tertiary/aromatic N) is 4. The van der Waals surface area contributed by atoms with Crippen LogP contribution in [0.15, 0.2) is 54.9 Å². The number of amides is 1. The Morgan fingerprint density at radius 2 is 1.77 bits per heavy atom. The first-order valence-corrected chi connectivity index (χ1v) is 14.4. The lowest BCUT2D eigenvalue weighted by Crippen LogP contribution is -2.23. The van der Waals surface area contributed by atoms with Crippen molar-refractivity contribution in [1.29, 1.82) is 0 Å². The number of hydrogen-bond donors (Lipinski definition) is 1. The van der Waals surface area contributed by atoms with Crippen LogP contribution in [0.25, 0.3) is 27.7 Å². The Kier molecular flexibility index (Phi) is 7.52. The van der Waals surface area contributed by atoms with Gasteiger partial charge in [0.2, 0.25) is 0 Å². The number of aromatic nitrogens is 4. The molecule has 10 heteroatoms. The van der Waals surface area contributed by atoms with E-state index in [0.29, 0.717) is 22.9 Å². The van der Waals surface area contributed by atoms with Gasteiger partial charge in [-0.15, -0.1) is 0 Å². The Morgan fingerprint density at radius 1 is 1.00 bits per heavy atom. The maximum absolute atomic E-state index is 13.4. The number of rotatable bonds is 7. The average Bonchev–Trinajstić information content (AvgIpc) is 3.56. The summed E-state index contributed by atoms with van der Waals surface area (Å²) in [4.78, 5) is 34.6. The summed E-state index contributed by atoms with van der Waals surface area (Å²) in [7, 11) is 5.06. The van der Waals surface area contributed by atoms with Crippen molar-refractivity contribution in [3.05, 3.63) is 72.1 Å². The molecule has 1 fully saturated rings. The molecule has 1 amide bonds. The molecule has 10 nitrogen and oxygen atoms in total. The number of carbonyl (C=O) groups is 2. The molecule has 3 aromatic heterocycles. The first-order chi connectivity index (χ1) is 20.8. The van der Waals surface area contributed by atoms with E-state index in [1.807, 2.05) is 67.2 Å². The van der Waals surface area contributed by atoms with Crippen molar-refractivity contribution in [1.82, 2.24) is 18.9 Å². The summed E-state index contributed by atoms with van der Waals surface area (Å²) in [5, 5.41) is 3.89. The fourth-order valence-corrected chi connectivity index (χ4v) is 6.24. The van der Waals surface area contributed by atoms with Crippen LogP contribution in [0.2, 0.25) is 0 Å². The van der Waals surface area contributed by atoms with Crippen LogP contribution in [0.5, 0.6) is 11.5 Å². The Hall–Kier alpha value is -4.86. The number of nitrogens with one attached hydrogen (secondary N) is 1. The third-order valence-corrected chi connectivity index (χ3v) is 8.36. The monoisotopic (exact) mass is 581 g/mol. The lowest BCUT2D eigenvalue weighted by molar-refractivity contribution is -0.147. The molecule has 1 saturated carbocycles. The van der Waals surface area contributed by atoms with E-state index in [1.165, 1.54) is 6.92 Å². The van der Waals surface area contributed by atoms with Crippen molar-refractivity contribution in [2.45, 2.75) is 51.6 Å². The van der Waals surface area contributed by atoms with Crippen LogP contribution >= 0.6 is 0 Å². The number of ether oxygens (including phenoxy) is 3. The van der Waals surface area contributed by atoms with Crippen LogP contribution in [0.1, 0.15) is 60.5 Å². The Labute approximate surface area is 249 Å². The summed E-state index contributed by atoms with van der Waals surface area (Å²) in [5.74, 6) is 1.95. The van der Waals surface area contributed by atoms with Crippen molar-refractivity contribution in [3.63, 3.8) is 0 Å².